The molecule has 0 radical (unpaired) electrons. The molecule has 0 spiro atoms. The van der Waals surface area contributed by atoms with Crippen molar-refractivity contribution in [3.63, 3.8) is 0 Å². The van der Waals surface area contributed by atoms with Gasteiger partial charge in [0.1, 0.15) is 0 Å². The number of nitrogens with one attached hydrogen (secondary N) is 2. The lowest BCUT2D eigenvalue weighted by Gasteiger charge is -2.18. The molecule has 0 saturated heterocycles. The minimum Gasteiger partial charge on any atom is -0.376 e. The Balaban J connectivity index is 0. The first-order chi connectivity index (χ1) is 8.82. The summed E-state index contributed by atoms with van der Waals surface area (Å²) in [6, 6.07) is 2.15. The van der Waals surface area contributed by atoms with Crippen LogP contribution in [0.25, 0.3) is 0 Å². The number of nitrogens with two attached hydrogens (primary N) is 2. The molecule has 0 fully saturated rings. The Kier molecular flexibility index (Phi) is 10.7. The van der Waals surface area contributed by atoms with Gasteiger partial charge in [-0.1, -0.05) is 6.07 Å². The fraction of sp³-hybridized carbons (Fsp3) is 0.385. The van der Waals surface area contributed by atoms with Crippen LogP contribution in [-0.4, -0.2) is 10.2 Å². The molecule has 0 aliphatic rings. The molecule has 21 heavy (non-hydrogen) atoms. The van der Waals surface area contributed by atoms with Gasteiger partial charge in [0.2, 0.25) is 0 Å². The van der Waals surface area contributed by atoms with E-state index >= 15 is 0 Å². The fourth-order valence-corrected chi connectivity index (χ4v) is 2.31. The van der Waals surface area contributed by atoms with Crippen LogP contribution in [0.5, 0.6) is 0 Å². The van der Waals surface area contributed by atoms with Gasteiger partial charge in [-0.15, -0.1) is 24.8 Å². The van der Waals surface area contributed by atoms with Gasteiger partial charge in [-0.05, 0) is 73.0 Å². The Morgan fingerprint density at radius 1 is 0.905 bits per heavy atom. The zero-order valence-electron chi connectivity index (χ0n) is 12.3. The first-order valence-electron chi connectivity index (χ1n) is 5.98. The average Bonchev–Trinajstić information content (AvgIpc) is 2.27. The van der Waals surface area contributed by atoms with E-state index in [4.69, 9.17) is 35.9 Å². The van der Waals surface area contributed by atoms with Crippen LogP contribution in [0.4, 0.5) is 0 Å². The van der Waals surface area contributed by atoms with Crippen LogP contribution in [0.1, 0.15) is 27.8 Å². The smallest absolute Gasteiger partial charge is 0.163 e. The van der Waals surface area contributed by atoms with Crippen molar-refractivity contribution in [2.75, 3.05) is 0 Å². The largest absolute Gasteiger partial charge is 0.376 e. The second-order valence-corrected chi connectivity index (χ2v) is 5.41. The molecular weight excluding hydrogens is 347 g/mol. The standard InChI is InChI=1S/C13H20N4S2.2ClH/c1-7-4-8(2)11(6-17-13(15)19)9(3)10(7)5-16-12(14)18;;/h4H,5-6H2,1-3H3,(H3,14,16,18)(H3,15,17,19);2*1H. The van der Waals surface area contributed by atoms with E-state index < -0.39 is 0 Å². The zero-order valence-corrected chi connectivity index (χ0v) is 15.5. The van der Waals surface area contributed by atoms with E-state index in [1.807, 2.05) is 0 Å². The van der Waals surface area contributed by atoms with Crippen LogP contribution in [0.2, 0.25) is 0 Å². The summed E-state index contributed by atoms with van der Waals surface area (Å²) in [7, 11) is 0. The molecule has 0 aromatic heterocycles. The molecule has 6 N–H and O–H groups in total. The van der Waals surface area contributed by atoms with Gasteiger partial charge >= 0.3 is 0 Å². The van der Waals surface area contributed by atoms with Crippen molar-refractivity contribution in [2.24, 2.45) is 11.5 Å². The highest BCUT2D eigenvalue weighted by Crippen LogP contribution is 2.22. The summed E-state index contributed by atoms with van der Waals surface area (Å²) < 4.78 is 0. The molecule has 1 aromatic carbocycles. The maximum absolute atomic E-state index is 5.48. The number of rotatable bonds is 4. The number of halogens is 2. The minimum absolute atomic E-state index is 0. The van der Waals surface area contributed by atoms with Crippen LogP contribution in [-0.2, 0) is 13.1 Å². The molecule has 0 bridgehead atoms. The second-order valence-electron chi connectivity index (χ2n) is 4.53. The molecule has 0 heterocycles. The van der Waals surface area contributed by atoms with E-state index in [9.17, 15) is 0 Å². The van der Waals surface area contributed by atoms with Crippen molar-refractivity contribution in [2.45, 2.75) is 33.9 Å². The van der Waals surface area contributed by atoms with Crippen LogP contribution in [0, 0.1) is 20.8 Å². The lowest BCUT2D eigenvalue weighted by Crippen LogP contribution is -2.30. The Bertz CT molecular complexity index is 479. The quantitative estimate of drug-likeness (QED) is 0.609. The predicted octanol–water partition coefficient (Wildman–Crippen LogP) is 2.12. The molecule has 1 aromatic rings. The van der Waals surface area contributed by atoms with Gasteiger partial charge in [0, 0.05) is 13.1 Å². The highest BCUT2D eigenvalue weighted by molar-refractivity contribution is 7.80. The van der Waals surface area contributed by atoms with Crippen LogP contribution in [0.3, 0.4) is 0 Å². The number of benzene rings is 1. The van der Waals surface area contributed by atoms with E-state index in [0.717, 1.165) is 0 Å². The normalized spacial score (nSPS) is 9.10. The molecule has 0 aliphatic heterocycles. The van der Waals surface area contributed by atoms with E-state index in [1.54, 1.807) is 0 Å². The molecule has 1 rings (SSSR count). The summed E-state index contributed by atoms with van der Waals surface area (Å²) in [6.07, 6.45) is 0. The first kappa shape index (κ1) is 22.5. The fourth-order valence-electron chi connectivity index (χ4n) is 2.17. The molecule has 0 aliphatic carbocycles. The Labute approximate surface area is 149 Å². The van der Waals surface area contributed by atoms with E-state index in [2.05, 4.69) is 37.5 Å². The highest BCUT2D eigenvalue weighted by atomic mass is 35.5. The summed E-state index contributed by atoms with van der Waals surface area (Å²) >= 11 is 9.69. The van der Waals surface area contributed by atoms with Gasteiger partial charge in [-0.25, -0.2) is 0 Å². The monoisotopic (exact) mass is 368 g/mol. The second kappa shape index (κ2) is 10.00. The molecule has 120 valence electrons. The van der Waals surface area contributed by atoms with Crippen molar-refractivity contribution < 1.29 is 0 Å². The van der Waals surface area contributed by atoms with Crippen molar-refractivity contribution in [1.82, 2.24) is 10.6 Å². The van der Waals surface area contributed by atoms with Crippen molar-refractivity contribution in [1.29, 1.82) is 0 Å². The third-order valence-corrected chi connectivity index (χ3v) is 3.46. The molecule has 0 atom stereocenters. The molecule has 0 unspecified atom stereocenters. The lowest BCUT2D eigenvalue weighted by atomic mass is 9.93. The SMILES string of the molecule is Cc1cc(C)c(CNC(N)=S)c(C)c1CNC(N)=S.Cl.Cl. The van der Waals surface area contributed by atoms with Gasteiger partial charge in [0.15, 0.2) is 10.2 Å². The van der Waals surface area contributed by atoms with Gasteiger partial charge < -0.3 is 22.1 Å². The van der Waals surface area contributed by atoms with Gasteiger partial charge in [0.05, 0.1) is 0 Å². The van der Waals surface area contributed by atoms with E-state index in [-0.39, 0.29) is 24.8 Å². The summed E-state index contributed by atoms with van der Waals surface area (Å²) in [4.78, 5) is 0. The molecule has 4 nitrogen and oxygen atoms in total. The summed E-state index contributed by atoms with van der Waals surface area (Å²) in [5.41, 5.74) is 17.0. The topological polar surface area (TPSA) is 76.1 Å². The summed E-state index contributed by atoms with van der Waals surface area (Å²) in [5, 5.41) is 6.60. The lowest BCUT2D eigenvalue weighted by molar-refractivity contribution is 0.859. The molecule has 0 amide bonds. The zero-order chi connectivity index (χ0) is 14.6. The third kappa shape index (κ3) is 6.65. The molecule has 0 saturated carbocycles. The number of hydrogen-bond donors (Lipinski definition) is 4. The number of hydrogen-bond acceptors (Lipinski definition) is 2. The highest BCUT2D eigenvalue weighted by Gasteiger charge is 2.11. The Morgan fingerprint density at radius 3 is 1.52 bits per heavy atom. The van der Waals surface area contributed by atoms with Crippen LogP contribution < -0.4 is 22.1 Å². The predicted molar refractivity (Wildman–Crippen MR) is 102 cm³/mol. The summed E-state index contributed by atoms with van der Waals surface area (Å²) in [6.45, 7) is 7.52. The maximum Gasteiger partial charge on any atom is 0.163 e. The van der Waals surface area contributed by atoms with Crippen molar-refractivity contribution in [3.8, 4) is 0 Å². The minimum atomic E-state index is 0. The van der Waals surface area contributed by atoms with Crippen LogP contribution >= 0.6 is 49.2 Å². The number of aryl methyl sites for hydroxylation is 2. The average molecular weight is 369 g/mol. The van der Waals surface area contributed by atoms with Gasteiger partial charge in [-0.3, -0.25) is 0 Å². The Morgan fingerprint density at radius 2 is 1.24 bits per heavy atom. The molecule has 8 heteroatoms. The van der Waals surface area contributed by atoms with E-state index in [1.165, 1.54) is 27.8 Å². The maximum atomic E-state index is 5.48. The first-order valence-corrected chi connectivity index (χ1v) is 6.79. The van der Waals surface area contributed by atoms with E-state index in [0.29, 0.717) is 23.3 Å². The Hall–Kier alpha value is -0.820. The van der Waals surface area contributed by atoms with Crippen LogP contribution in [0.15, 0.2) is 6.07 Å². The van der Waals surface area contributed by atoms with Crippen molar-refractivity contribution in [3.05, 3.63) is 33.9 Å². The third-order valence-electron chi connectivity index (χ3n) is 3.17. The van der Waals surface area contributed by atoms with Gasteiger partial charge in [-0.2, -0.15) is 0 Å². The number of thiocarbonyl (C=S) groups is 2. The van der Waals surface area contributed by atoms with Gasteiger partial charge in [0.25, 0.3) is 0 Å². The molecular formula is C13H22Cl2N4S2. The van der Waals surface area contributed by atoms with Crippen molar-refractivity contribution >= 4 is 59.5 Å². The summed E-state index contributed by atoms with van der Waals surface area (Å²) in [5.74, 6) is 0.